The maximum absolute atomic E-state index is 14.6. The minimum atomic E-state index is -0.489. The number of nitrogens with one attached hydrogen (secondary N) is 1. The Bertz CT molecular complexity index is 1070. The lowest BCUT2D eigenvalue weighted by Crippen LogP contribution is -3.00. The van der Waals surface area contributed by atoms with Crippen LogP contribution in [0.2, 0.25) is 0 Å². The van der Waals surface area contributed by atoms with Gasteiger partial charge in [0.1, 0.15) is 18.2 Å². The van der Waals surface area contributed by atoms with Crippen LogP contribution in [0.1, 0.15) is 108 Å². The average molecular weight is 624 g/mol. The molecule has 224 valence electrons. The van der Waals surface area contributed by atoms with E-state index in [2.05, 4.69) is 29.8 Å². The summed E-state index contributed by atoms with van der Waals surface area (Å²) in [5, 5.41) is 3.69. The Kier molecular flexibility index (Phi) is 15.6. The third kappa shape index (κ3) is 9.19. The molecule has 0 atom stereocenters. The first kappa shape index (κ1) is 34.1. The Morgan fingerprint density at radius 3 is 2.10 bits per heavy atom. The van der Waals surface area contributed by atoms with Crippen molar-refractivity contribution in [2.24, 2.45) is 0 Å². The number of benzene rings is 2. The molecule has 1 N–H and O–H groups in total. The van der Waals surface area contributed by atoms with Crippen LogP contribution in [0.5, 0.6) is 11.5 Å². The van der Waals surface area contributed by atoms with Gasteiger partial charge < -0.3 is 31.8 Å². The van der Waals surface area contributed by atoms with Gasteiger partial charge >= 0.3 is 0 Å². The van der Waals surface area contributed by atoms with E-state index in [1.165, 1.54) is 75.1 Å². The van der Waals surface area contributed by atoms with Crippen molar-refractivity contribution in [3.8, 4) is 11.5 Å². The lowest BCUT2D eigenvalue weighted by Gasteiger charge is -2.25. The van der Waals surface area contributed by atoms with E-state index in [1.54, 1.807) is 14.2 Å². The van der Waals surface area contributed by atoms with Crippen LogP contribution in [-0.4, -0.2) is 37.6 Å². The molecule has 0 amide bonds. The van der Waals surface area contributed by atoms with Crippen molar-refractivity contribution in [3.05, 3.63) is 52.6 Å². The van der Waals surface area contributed by atoms with Crippen LogP contribution in [-0.2, 0) is 13.0 Å². The zero-order valence-corrected chi connectivity index (χ0v) is 26.6. The summed E-state index contributed by atoms with van der Waals surface area (Å²) in [6.45, 7) is 6.25. The summed E-state index contributed by atoms with van der Waals surface area (Å²) in [6.07, 6.45) is 14.9. The van der Waals surface area contributed by atoms with Crippen LogP contribution in [0, 0.1) is 11.6 Å². The molecule has 0 bridgehead atoms. The Morgan fingerprint density at radius 1 is 0.850 bits per heavy atom. The minimum absolute atomic E-state index is 0. The fourth-order valence-corrected chi connectivity index (χ4v) is 5.65. The van der Waals surface area contributed by atoms with Crippen molar-refractivity contribution in [1.29, 1.82) is 0 Å². The number of hydrogen-bond donors (Lipinski definition) is 1. The van der Waals surface area contributed by atoms with Gasteiger partial charge in [0.2, 0.25) is 0 Å². The molecule has 0 saturated heterocycles. The van der Waals surface area contributed by atoms with Crippen LogP contribution in [0.15, 0.2) is 24.3 Å². The van der Waals surface area contributed by atoms with Gasteiger partial charge in [0.15, 0.2) is 23.8 Å². The number of halogens is 3. The molecule has 0 saturated carbocycles. The van der Waals surface area contributed by atoms with Gasteiger partial charge in [-0.25, -0.2) is 13.4 Å². The highest BCUT2D eigenvalue weighted by Crippen LogP contribution is 2.42. The Morgan fingerprint density at radius 2 is 1.48 bits per heavy atom. The van der Waals surface area contributed by atoms with E-state index >= 15 is 0 Å². The predicted octanol–water partition coefficient (Wildman–Crippen LogP) is 5.68. The largest absolute Gasteiger partial charge is 1.00 e. The van der Waals surface area contributed by atoms with Crippen LogP contribution in [0.25, 0.3) is 0 Å². The van der Waals surface area contributed by atoms with E-state index in [1.807, 2.05) is 0 Å². The first-order valence-electron chi connectivity index (χ1n) is 15.1. The first-order chi connectivity index (χ1) is 19.0. The molecule has 7 heteroatoms. The number of unbranched alkanes of at least 4 members (excludes halogenated alkanes) is 9. The summed E-state index contributed by atoms with van der Waals surface area (Å²) < 4.78 is 43.1. The number of nitrogens with zero attached hydrogens (tertiary/aromatic N) is 1. The molecule has 0 radical (unpaired) electrons. The third-order valence-electron chi connectivity index (χ3n) is 7.86. The quantitative estimate of drug-likeness (QED) is 0.172. The molecule has 4 nitrogen and oxygen atoms in total. The molecule has 1 heterocycles. The molecule has 2 aromatic rings. The second-order valence-corrected chi connectivity index (χ2v) is 10.7. The summed E-state index contributed by atoms with van der Waals surface area (Å²) >= 11 is 0. The SMILES string of the molecule is CCCCCCCCNc1c2c(cc(OC)c1OC)C(CCCCCCC)=[N+](Cc1c(F)cccc1F)CC2.[Br-]. The van der Waals surface area contributed by atoms with Crippen molar-refractivity contribution in [2.45, 2.75) is 104 Å². The molecule has 1 aliphatic rings. The maximum Gasteiger partial charge on any atom is 0.184 e. The summed E-state index contributed by atoms with van der Waals surface area (Å²) in [4.78, 5) is 0. The van der Waals surface area contributed by atoms with Crippen LogP contribution < -0.4 is 31.8 Å². The smallest absolute Gasteiger partial charge is 0.184 e. The normalized spacial score (nSPS) is 12.7. The van der Waals surface area contributed by atoms with E-state index in [4.69, 9.17) is 9.47 Å². The van der Waals surface area contributed by atoms with E-state index in [9.17, 15) is 8.78 Å². The number of anilines is 1. The second-order valence-electron chi connectivity index (χ2n) is 10.7. The molecule has 2 aromatic carbocycles. The fraction of sp³-hybridized carbons (Fsp3) is 0.606. The topological polar surface area (TPSA) is 33.5 Å². The van der Waals surface area contributed by atoms with Crippen molar-refractivity contribution in [3.63, 3.8) is 0 Å². The Hall–Kier alpha value is -2.15. The average Bonchev–Trinajstić information content (AvgIpc) is 2.94. The zero-order chi connectivity index (χ0) is 28.0. The van der Waals surface area contributed by atoms with Gasteiger partial charge in [0.25, 0.3) is 0 Å². The standard InChI is InChI=1S/C33H49F2N2O2.BrH/c1-5-7-9-11-13-15-21-36-32-25-20-22-37(24-27-28(34)17-16-18-29(27)35)30(19-14-12-10-8-6-2)26(25)23-31(38-3)33(32)39-4;/h16-18,23,36H,5-15,19-22,24H2,1-4H3;1H/q+1;/p-1. The van der Waals surface area contributed by atoms with Gasteiger partial charge in [0.05, 0.1) is 31.0 Å². The highest BCUT2D eigenvalue weighted by atomic mass is 79.9. The van der Waals surface area contributed by atoms with Crippen molar-refractivity contribution >= 4 is 11.4 Å². The molecule has 0 aromatic heterocycles. The lowest BCUT2D eigenvalue weighted by molar-refractivity contribution is -0.546. The zero-order valence-electron chi connectivity index (χ0n) is 25.0. The van der Waals surface area contributed by atoms with E-state index < -0.39 is 11.6 Å². The molecule has 40 heavy (non-hydrogen) atoms. The third-order valence-corrected chi connectivity index (χ3v) is 7.86. The van der Waals surface area contributed by atoms with E-state index in [-0.39, 0.29) is 29.1 Å². The summed E-state index contributed by atoms with van der Waals surface area (Å²) in [5.74, 6) is 0.440. The lowest BCUT2D eigenvalue weighted by atomic mass is 9.90. The van der Waals surface area contributed by atoms with Gasteiger partial charge in [0, 0.05) is 19.4 Å². The number of ether oxygens (including phenoxy) is 2. The van der Waals surface area contributed by atoms with Crippen molar-refractivity contribution in [2.75, 3.05) is 32.6 Å². The molecule has 0 aliphatic carbocycles. The van der Waals surface area contributed by atoms with Gasteiger partial charge in [-0.3, -0.25) is 0 Å². The molecule has 1 aliphatic heterocycles. The maximum atomic E-state index is 14.6. The molecular formula is C33H49BrF2N2O2. The summed E-state index contributed by atoms with van der Waals surface area (Å²) in [6, 6.07) is 6.18. The van der Waals surface area contributed by atoms with Crippen molar-refractivity contribution < 1.29 is 39.8 Å². The predicted molar refractivity (Wildman–Crippen MR) is 158 cm³/mol. The number of hydrogen-bond acceptors (Lipinski definition) is 3. The number of rotatable bonds is 18. The molecule has 0 unspecified atom stereocenters. The van der Waals surface area contributed by atoms with Crippen LogP contribution >= 0.6 is 0 Å². The summed E-state index contributed by atoms with van der Waals surface area (Å²) in [5.41, 5.74) is 4.59. The van der Waals surface area contributed by atoms with Crippen LogP contribution in [0.4, 0.5) is 14.5 Å². The first-order valence-corrected chi connectivity index (χ1v) is 15.1. The number of fused-ring (bicyclic) bond motifs is 1. The van der Waals surface area contributed by atoms with Crippen molar-refractivity contribution in [1.82, 2.24) is 0 Å². The minimum Gasteiger partial charge on any atom is -1.00 e. The van der Waals surface area contributed by atoms with Gasteiger partial charge in [-0.15, -0.1) is 0 Å². The molecule has 0 fully saturated rings. The van der Waals surface area contributed by atoms with Gasteiger partial charge in [-0.05, 0) is 36.6 Å². The van der Waals surface area contributed by atoms with E-state index in [0.29, 0.717) is 12.3 Å². The highest BCUT2D eigenvalue weighted by Gasteiger charge is 2.32. The number of methoxy groups -OCH3 is 2. The molecule has 3 rings (SSSR count). The van der Waals surface area contributed by atoms with E-state index in [0.717, 1.165) is 61.4 Å². The van der Waals surface area contributed by atoms with Gasteiger partial charge in [-0.1, -0.05) is 77.7 Å². The van der Waals surface area contributed by atoms with Gasteiger partial charge in [-0.2, -0.15) is 0 Å². The second kappa shape index (κ2) is 18.3. The molecular weight excluding hydrogens is 574 g/mol. The fourth-order valence-electron chi connectivity index (χ4n) is 5.65. The highest BCUT2D eigenvalue weighted by molar-refractivity contribution is 6.01. The monoisotopic (exact) mass is 622 g/mol. The Labute approximate surface area is 251 Å². The summed E-state index contributed by atoms with van der Waals surface area (Å²) in [7, 11) is 3.36. The molecule has 0 spiro atoms. The van der Waals surface area contributed by atoms with Crippen LogP contribution in [0.3, 0.4) is 0 Å². The Balaban J connectivity index is 0.00000560.